The number of ether oxygens (including phenoxy) is 1. The SMILES string of the molecule is O=c1cc2c(nn1CC1CCCN1c1nc(C(F)F)nc3ccccc13)CCOC2. The van der Waals surface area contributed by atoms with Gasteiger partial charge in [0, 0.05) is 30.0 Å². The smallest absolute Gasteiger partial charge is 0.297 e. The van der Waals surface area contributed by atoms with Gasteiger partial charge in [0.15, 0.2) is 5.82 Å². The van der Waals surface area contributed by atoms with Crippen LogP contribution in [0.15, 0.2) is 35.1 Å². The Morgan fingerprint density at radius 2 is 2.10 bits per heavy atom. The summed E-state index contributed by atoms with van der Waals surface area (Å²) < 4.78 is 33.7. The molecule has 0 radical (unpaired) electrons. The van der Waals surface area contributed by atoms with Crippen LogP contribution in [-0.4, -0.2) is 38.9 Å². The second kappa shape index (κ2) is 7.71. The van der Waals surface area contributed by atoms with Crippen LogP contribution < -0.4 is 10.5 Å². The number of alkyl halides is 2. The highest BCUT2D eigenvalue weighted by Gasteiger charge is 2.30. The molecule has 2 aliphatic heterocycles. The molecule has 0 bridgehead atoms. The van der Waals surface area contributed by atoms with Crippen LogP contribution in [0.3, 0.4) is 0 Å². The van der Waals surface area contributed by atoms with Gasteiger partial charge in [-0.3, -0.25) is 4.79 Å². The third kappa shape index (κ3) is 3.43. The van der Waals surface area contributed by atoms with E-state index in [1.807, 2.05) is 17.0 Å². The highest BCUT2D eigenvalue weighted by molar-refractivity contribution is 5.89. The number of anilines is 1. The Hall–Kier alpha value is -2.94. The lowest BCUT2D eigenvalue weighted by atomic mass is 10.1. The Bertz CT molecular complexity index is 1150. The van der Waals surface area contributed by atoms with Crippen LogP contribution >= 0.6 is 0 Å². The molecule has 1 fully saturated rings. The van der Waals surface area contributed by atoms with Gasteiger partial charge in [-0.05, 0) is 25.0 Å². The van der Waals surface area contributed by atoms with Crippen molar-refractivity contribution in [3.63, 3.8) is 0 Å². The van der Waals surface area contributed by atoms with Gasteiger partial charge < -0.3 is 9.64 Å². The molecule has 0 spiro atoms. The van der Waals surface area contributed by atoms with Crippen LogP contribution in [0.4, 0.5) is 14.6 Å². The van der Waals surface area contributed by atoms with Crippen LogP contribution in [0.2, 0.25) is 0 Å². The number of hydrogen-bond donors (Lipinski definition) is 0. The van der Waals surface area contributed by atoms with Gasteiger partial charge in [0.2, 0.25) is 0 Å². The Balaban J connectivity index is 1.51. The Morgan fingerprint density at radius 3 is 2.97 bits per heavy atom. The molecular weight excluding hydrogens is 392 g/mol. The molecule has 0 saturated carbocycles. The molecule has 2 aromatic heterocycles. The second-order valence-corrected chi connectivity index (χ2v) is 7.65. The largest absolute Gasteiger partial charge is 0.376 e. The molecule has 1 unspecified atom stereocenters. The van der Waals surface area contributed by atoms with E-state index in [4.69, 9.17) is 4.74 Å². The predicted octanol–water partition coefficient (Wildman–Crippen LogP) is 2.87. The molecule has 1 aromatic carbocycles. The van der Waals surface area contributed by atoms with Crippen molar-refractivity contribution in [3.8, 4) is 0 Å². The zero-order valence-electron chi connectivity index (χ0n) is 16.3. The summed E-state index contributed by atoms with van der Waals surface area (Å²) in [6, 6.07) is 8.72. The molecule has 2 aliphatic rings. The van der Waals surface area contributed by atoms with Crippen molar-refractivity contribution in [2.45, 2.75) is 44.9 Å². The minimum atomic E-state index is -2.75. The molecule has 156 valence electrons. The lowest BCUT2D eigenvalue weighted by molar-refractivity contribution is 0.108. The number of nitrogens with zero attached hydrogens (tertiary/aromatic N) is 5. The summed E-state index contributed by atoms with van der Waals surface area (Å²) in [5, 5.41) is 5.29. The number of fused-ring (bicyclic) bond motifs is 2. The first-order valence-electron chi connectivity index (χ1n) is 10.1. The monoisotopic (exact) mass is 413 g/mol. The van der Waals surface area contributed by atoms with Crippen LogP contribution in [0.25, 0.3) is 10.9 Å². The number of hydrogen-bond acceptors (Lipinski definition) is 6. The number of aromatic nitrogens is 4. The maximum absolute atomic E-state index is 13.4. The summed E-state index contributed by atoms with van der Waals surface area (Å²) in [6.07, 6.45) is -0.350. The summed E-state index contributed by atoms with van der Waals surface area (Å²) >= 11 is 0. The van der Waals surface area contributed by atoms with Crippen LogP contribution in [0.5, 0.6) is 0 Å². The van der Waals surface area contributed by atoms with E-state index in [2.05, 4.69) is 15.1 Å². The third-order valence-electron chi connectivity index (χ3n) is 5.73. The topological polar surface area (TPSA) is 73.1 Å². The maximum atomic E-state index is 13.4. The van der Waals surface area contributed by atoms with Gasteiger partial charge in [0.05, 0.1) is 37.0 Å². The van der Waals surface area contributed by atoms with Crippen molar-refractivity contribution < 1.29 is 13.5 Å². The number of benzene rings is 1. The third-order valence-corrected chi connectivity index (χ3v) is 5.73. The minimum Gasteiger partial charge on any atom is -0.376 e. The fourth-order valence-corrected chi connectivity index (χ4v) is 4.28. The first kappa shape index (κ1) is 19.0. The molecule has 30 heavy (non-hydrogen) atoms. The van der Waals surface area contributed by atoms with Gasteiger partial charge in [0.25, 0.3) is 12.0 Å². The number of para-hydroxylation sites is 1. The first-order chi connectivity index (χ1) is 14.6. The quantitative estimate of drug-likeness (QED) is 0.655. The van der Waals surface area contributed by atoms with Crippen LogP contribution in [-0.2, 0) is 24.3 Å². The van der Waals surface area contributed by atoms with E-state index in [1.54, 1.807) is 18.2 Å². The molecule has 3 aromatic rings. The van der Waals surface area contributed by atoms with Gasteiger partial charge in [-0.2, -0.15) is 5.10 Å². The lowest BCUT2D eigenvalue weighted by Gasteiger charge is -2.27. The van der Waals surface area contributed by atoms with E-state index in [9.17, 15) is 13.6 Å². The van der Waals surface area contributed by atoms with Gasteiger partial charge >= 0.3 is 0 Å². The fourth-order valence-electron chi connectivity index (χ4n) is 4.28. The van der Waals surface area contributed by atoms with E-state index in [1.165, 1.54) is 4.68 Å². The first-order valence-corrected chi connectivity index (χ1v) is 10.1. The molecule has 5 rings (SSSR count). The molecule has 7 nitrogen and oxygen atoms in total. The summed E-state index contributed by atoms with van der Waals surface area (Å²) in [5.74, 6) is 0.0243. The van der Waals surface area contributed by atoms with Gasteiger partial charge in [-0.15, -0.1) is 0 Å². The van der Waals surface area contributed by atoms with E-state index in [0.29, 0.717) is 44.1 Å². The highest BCUT2D eigenvalue weighted by Crippen LogP contribution is 2.32. The molecule has 9 heteroatoms. The molecule has 4 heterocycles. The van der Waals surface area contributed by atoms with Gasteiger partial charge in [0.1, 0.15) is 5.82 Å². The Kier molecular flexibility index (Phi) is 4.90. The highest BCUT2D eigenvalue weighted by atomic mass is 19.3. The number of halogens is 2. The average molecular weight is 413 g/mol. The standard InChI is InChI=1S/C21H21F2N5O2/c22-19(23)20-24-17-6-2-1-5-15(17)21(25-20)27-8-3-4-14(27)11-28-18(29)10-13-12-30-9-7-16(13)26-28/h1-2,5-6,10,14,19H,3-4,7-9,11-12H2. The summed E-state index contributed by atoms with van der Waals surface area (Å²) in [4.78, 5) is 22.8. The molecule has 0 N–H and O–H groups in total. The molecule has 0 amide bonds. The Labute approximate surface area is 171 Å². The molecule has 0 aliphatic carbocycles. The summed E-state index contributed by atoms with van der Waals surface area (Å²) in [5.41, 5.74) is 2.05. The second-order valence-electron chi connectivity index (χ2n) is 7.65. The van der Waals surface area contributed by atoms with E-state index >= 15 is 0 Å². The van der Waals surface area contributed by atoms with Crippen molar-refractivity contribution >= 4 is 16.7 Å². The zero-order valence-corrected chi connectivity index (χ0v) is 16.3. The molecule has 1 atom stereocenters. The molecule has 1 saturated heterocycles. The van der Waals surface area contributed by atoms with Crippen molar-refractivity contribution in [2.75, 3.05) is 18.1 Å². The van der Waals surface area contributed by atoms with Crippen molar-refractivity contribution in [2.24, 2.45) is 0 Å². The van der Waals surface area contributed by atoms with E-state index in [0.717, 1.165) is 29.5 Å². The van der Waals surface area contributed by atoms with Crippen molar-refractivity contribution in [3.05, 3.63) is 57.8 Å². The molecular formula is C21H21F2N5O2. The van der Waals surface area contributed by atoms with E-state index < -0.39 is 12.2 Å². The summed E-state index contributed by atoms with van der Waals surface area (Å²) in [6.45, 7) is 2.07. The average Bonchev–Trinajstić information content (AvgIpc) is 3.21. The summed E-state index contributed by atoms with van der Waals surface area (Å²) in [7, 11) is 0. The van der Waals surface area contributed by atoms with Crippen LogP contribution in [0, 0.1) is 0 Å². The predicted molar refractivity (Wildman–Crippen MR) is 107 cm³/mol. The van der Waals surface area contributed by atoms with E-state index in [-0.39, 0.29) is 11.6 Å². The van der Waals surface area contributed by atoms with Crippen LogP contribution in [0.1, 0.15) is 36.3 Å². The lowest BCUT2D eigenvalue weighted by Crippen LogP contribution is -2.38. The van der Waals surface area contributed by atoms with Crippen molar-refractivity contribution in [1.29, 1.82) is 0 Å². The Morgan fingerprint density at radius 1 is 1.23 bits per heavy atom. The van der Waals surface area contributed by atoms with Gasteiger partial charge in [-0.25, -0.2) is 23.4 Å². The number of rotatable bonds is 4. The van der Waals surface area contributed by atoms with Crippen molar-refractivity contribution in [1.82, 2.24) is 19.7 Å². The fraction of sp³-hybridized carbons (Fsp3) is 0.429. The normalized spacial score (nSPS) is 18.9. The van der Waals surface area contributed by atoms with Gasteiger partial charge in [-0.1, -0.05) is 12.1 Å². The minimum absolute atomic E-state index is 0.0584. The maximum Gasteiger partial charge on any atom is 0.297 e. The zero-order chi connectivity index (χ0) is 20.7.